The molecule has 1 aromatic rings. The van der Waals surface area contributed by atoms with Gasteiger partial charge in [0, 0.05) is 20.3 Å². The number of hydrogen-bond acceptors (Lipinski definition) is 4. The summed E-state index contributed by atoms with van der Waals surface area (Å²) in [6.07, 6.45) is 2.94. The molecular weight excluding hydrogens is 210 g/mol. The average molecular weight is 225 g/mol. The van der Waals surface area contributed by atoms with Crippen molar-refractivity contribution in [2.24, 2.45) is 0 Å². The minimum absolute atomic E-state index is 0.0622. The van der Waals surface area contributed by atoms with E-state index in [2.05, 4.69) is 4.98 Å². The van der Waals surface area contributed by atoms with Gasteiger partial charge >= 0.3 is 5.97 Å². The number of nitrogens with zero attached hydrogens (tertiary/aromatic N) is 3. The Labute approximate surface area is 93.8 Å². The van der Waals surface area contributed by atoms with Crippen molar-refractivity contribution in [1.82, 2.24) is 14.5 Å². The largest absolute Gasteiger partial charge is 0.461 e. The van der Waals surface area contributed by atoms with E-state index in [1.165, 1.54) is 17.4 Å². The monoisotopic (exact) mass is 225 g/mol. The minimum atomic E-state index is -0.474. The first kappa shape index (κ1) is 12.2. The van der Waals surface area contributed by atoms with E-state index in [-0.39, 0.29) is 18.1 Å². The zero-order valence-corrected chi connectivity index (χ0v) is 9.64. The maximum Gasteiger partial charge on any atom is 0.358 e. The lowest BCUT2D eigenvalue weighted by molar-refractivity contribution is -0.129. The van der Waals surface area contributed by atoms with E-state index < -0.39 is 5.97 Å². The molecule has 0 atom stereocenters. The lowest BCUT2D eigenvalue weighted by atomic mass is 10.5. The zero-order valence-electron chi connectivity index (χ0n) is 9.64. The first-order chi connectivity index (χ1) is 7.54. The summed E-state index contributed by atoms with van der Waals surface area (Å²) in [4.78, 5) is 28.0. The van der Waals surface area contributed by atoms with Crippen molar-refractivity contribution in [1.29, 1.82) is 0 Å². The smallest absolute Gasteiger partial charge is 0.358 e. The molecule has 16 heavy (non-hydrogen) atoms. The molecule has 0 saturated heterocycles. The van der Waals surface area contributed by atoms with Gasteiger partial charge in [-0.15, -0.1) is 0 Å². The standard InChI is InChI=1S/C10H15N3O3/c1-4-16-10(15)8-5-13(7-11-8)6-9(14)12(2)3/h5,7H,4,6H2,1-3H3. The Balaban J connectivity index is 2.65. The third-order valence-electron chi connectivity index (χ3n) is 1.93. The number of rotatable bonds is 4. The van der Waals surface area contributed by atoms with Crippen molar-refractivity contribution in [3.63, 3.8) is 0 Å². The highest BCUT2D eigenvalue weighted by Gasteiger charge is 2.11. The number of esters is 1. The molecule has 1 rings (SSSR count). The molecule has 0 saturated carbocycles. The molecule has 6 nitrogen and oxygen atoms in total. The van der Waals surface area contributed by atoms with Crippen LogP contribution in [0.15, 0.2) is 12.5 Å². The number of imidazole rings is 1. The van der Waals surface area contributed by atoms with E-state index in [0.717, 1.165) is 0 Å². The quantitative estimate of drug-likeness (QED) is 0.684. The maximum atomic E-state index is 11.4. The average Bonchev–Trinajstić information content (AvgIpc) is 2.66. The molecule has 1 heterocycles. The van der Waals surface area contributed by atoms with Gasteiger partial charge in [0.25, 0.3) is 0 Å². The number of likely N-dealkylation sites (N-methyl/N-ethyl adjacent to an activating group) is 1. The van der Waals surface area contributed by atoms with Gasteiger partial charge in [-0.2, -0.15) is 0 Å². The van der Waals surface area contributed by atoms with Gasteiger partial charge in [-0.3, -0.25) is 4.79 Å². The molecule has 0 N–H and O–H groups in total. The van der Waals surface area contributed by atoms with Crippen LogP contribution >= 0.6 is 0 Å². The molecule has 0 aliphatic carbocycles. The first-order valence-corrected chi connectivity index (χ1v) is 4.93. The molecule has 0 radical (unpaired) electrons. The summed E-state index contributed by atoms with van der Waals surface area (Å²) in [6, 6.07) is 0. The van der Waals surface area contributed by atoms with Gasteiger partial charge in [-0.25, -0.2) is 9.78 Å². The van der Waals surface area contributed by atoms with Crippen LogP contribution in [0.5, 0.6) is 0 Å². The van der Waals surface area contributed by atoms with Crippen LogP contribution in [0.1, 0.15) is 17.4 Å². The van der Waals surface area contributed by atoms with E-state index in [9.17, 15) is 9.59 Å². The molecule has 1 aromatic heterocycles. The van der Waals surface area contributed by atoms with Crippen molar-refractivity contribution in [3.05, 3.63) is 18.2 Å². The summed E-state index contributed by atoms with van der Waals surface area (Å²) in [7, 11) is 3.34. The number of aromatic nitrogens is 2. The van der Waals surface area contributed by atoms with Gasteiger partial charge in [0.05, 0.1) is 12.9 Å². The summed E-state index contributed by atoms with van der Waals surface area (Å²) < 4.78 is 6.33. The molecule has 0 unspecified atom stereocenters. The Morgan fingerprint density at radius 3 is 2.75 bits per heavy atom. The van der Waals surface area contributed by atoms with Gasteiger partial charge in [-0.1, -0.05) is 0 Å². The summed E-state index contributed by atoms with van der Waals surface area (Å²) >= 11 is 0. The summed E-state index contributed by atoms with van der Waals surface area (Å²) in [5.41, 5.74) is 0.216. The van der Waals surface area contributed by atoms with E-state index in [1.807, 2.05) is 0 Å². The Hall–Kier alpha value is -1.85. The molecule has 0 aromatic carbocycles. The summed E-state index contributed by atoms with van der Waals surface area (Å²) in [5, 5.41) is 0. The lowest BCUT2D eigenvalue weighted by Crippen LogP contribution is -2.25. The third kappa shape index (κ3) is 3.08. The molecule has 0 bridgehead atoms. The molecule has 0 spiro atoms. The number of carbonyl (C=O) groups excluding carboxylic acids is 2. The Bertz CT molecular complexity index is 384. The van der Waals surface area contributed by atoms with Gasteiger partial charge in [0.2, 0.25) is 5.91 Å². The highest BCUT2D eigenvalue weighted by molar-refractivity contribution is 5.87. The van der Waals surface area contributed by atoms with E-state index in [1.54, 1.807) is 25.6 Å². The highest BCUT2D eigenvalue weighted by Crippen LogP contribution is 1.99. The van der Waals surface area contributed by atoms with Gasteiger partial charge in [0.1, 0.15) is 6.54 Å². The van der Waals surface area contributed by atoms with Crippen molar-refractivity contribution >= 4 is 11.9 Å². The lowest BCUT2D eigenvalue weighted by Gasteiger charge is -2.09. The van der Waals surface area contributed by atoms with Gasteiger partial charge < -0.3 is 14.2 Å². The van der Waals surface area contributed by atoms with Crippen molar-refractivity contribution in [2.45, 2.75) is 13.5 Å². The fourth-order valence-corrected chi connectivity index (χ4v) is 1.05. The first-order valence-electron chi connectivity index (χ1n) is 4.93. The van der Waals surface area contributed by atoms with Crippen molar-refractivity contribution < 1.29 is 14.3 Å². The Kier molecular flexibility index (Phi) is 4.04. The van der Waals surface area contributed by atoms with E-state index >= 15 is 0 Å². The predicted molar refractivity (Wildman–Crippen MR) is 56.9 cm³/mol. The number of hydrogen-bond donors (Lipinski definition) is 0. The van der Waals surface area contributed by atoms with Crippen LogP contribution in [-0.4, -0.2) is 47.0 Å². The third-order valence-corrected chi connectivity index (χ3v) is 1.93. The number of carbonyl (C=O) groups is 2. The SMILES string of the molecule is CCOC(=O)c1cn(CC(=O)N(C)C)cn1. The van der Waals surface area contributed by atoms with Gasteiger partial charge in [0.15, 0.2) is 5.69 Å². The number of ether oxygens (including phenoxy) is 1. The van der Waals surface area contributed by atoms with Crippen molar-refractivity contribution in [2.75, 3.05) is 20.7 Å². The van der Waals surface area contributed by atoms with Crippen LogP contribution in [0.2, 0.25) is 0 Å². The van der Waals surface area contributed by atoms with Gasteiger partial charge in [-0.05, 0) is 6.92 Å². The maximum absolute atomic E-state index is 11.4. The molecule has 1 amide bonds. The van der Waals surface area contributed by atoms with Crippen LogP contribution in [0.3, 0.4) is 0 Å². The molecule has 6 heteroatoms. The fourth-order valence-electron chi connectivity index (χ4n) is 1.05. The molecular formula is C10H15N3O3. The summed E-state index contributed by atoms with van der Waals surface area (Å²) in [6.45, 7) is 2.20. The van der Waals surface area contributed by atoms with E-state index in [4.69, 9.17) is 4.74 Å². The second-order valence-electron chi connectivity index (χ2n) is 3.44. The molecule has 88 valence electrons. The van der Waals surface area contributed by atoms with Crippen LogP contribution < -0.4 is 0 Å². The van der Waals surface area contributed by atoms with Crippen LogP contribution in [0, 0.1) is 0 Å². The second-order valence-corrected chi connectivity index (χ2v) is 3.44. The zero-order chi connectivity index (χ0) is 12.1. The summed E-state index contributed by atoms with van der Waals surface area (Å²) in [5.74, 6) is -0.536. The Morgan fingerprint density at radius 1 is 1.50 bits per heavy atom. The molecule has 0 aliphatic rings. The van der Waals surface area contributed by atoms with E-state index in [0.29, 0.717) is 6.61 Å². The normalized spacial score (nSPS) is 9.94. The van der Waals surface area contributed by atoms with Crippen LogP contribution in [0.4, 0.5) is 0 Å². The number of amides is 1. The topological polar surface area (TPSA) is 64.4 Å². The van der Waals surface area contributed by atoms with Crippen LogP contribution in [0.25, 0.3) is 0 Å². The fraction of sp³-hybridized carbons (Fsp3) is 0.500. The molecule has 0 fully saturated rings. The molecule has 0 aliphatic heterocycles. The van der Waals surface area contributed by atoms with Crippen LogP contribution in [-0.2, 0) is 16.1 Å². The van der Waals surface area contributed by atoms with Crippen molar-refractivity contribution in [3.8, 4) is 0 Å². The Morgan fingerprint density at radius 2 is 2.19 bits per heavy atom. The second kappa shape index (κ2) is 5.29. The predicted octanol–water partition coefficient (Wildman–Crippen LogP) is 0.148. The highest BCUT2D eigenvalue weighted by atomic mass is 16.5. The minimum Gasteiger partial charge on any atom is -0.461 e.